The zero-order valence-electron chi connectivity index (χ0n) is 14.4. The molecule has 1 N–H and O–H groups in total. The standard InChI is InChI=1S/C21H18N2O3/c1-25-15-8-6-14(7-9-15)10-12-23-13-11-17-16-4-2-3-5-18(16)26-21(24)19(17)20(23)22/h2-9,11,13,22H,10,12H2,1H3. The van der Waals surface area contributed by atoms with Gasteiger partial charge in [0, 0.05) is 23.5 Å². The number of ether oxygens (including phenoxy) is 1. The molecule has 2 aromatic heterocycles. The molecular formula is C21H18N2O3. The first-order valence-electron chi connectivity index (χ1n) is 8.40. The van der Waals surface area contributed by atoms with Crippen LogP contribution in [0.2, 0.25) is 0 Å². The van der Waals surface area contributed by atoms with Crippen LogP contribution in [0.25, 0.3) is 21.7 Å². The number of rotatable bonds is 4. The summed E-state index contributed by atoms with van der Waals surface area (Å²) in [5.74, 6) is 0.817. The minimum absolute atomic E-state index is 0.176. The van der Waals surface area contributed by atoms with Crippen LogP contribution in [0.15, 0.2) is 70.0 Å². The highest BCUT2D eigenvalue weighted by molar-refractivity contribution is 6.03. The van der Waals surface area contributed by atoms with Crippen molar-refractivity contribution in [3.8, 4) is 5.75 Å². The fourth-order valence-corrected chi connectivity index (χ4v) is 3.18. The molecule has 0 saturated heterocycles. The highest BCUT2D eigenvalue weighted by Gasteiger charge is 2.10. The number of pyridine rings is 1. The van der Waals surface area contributed by atoms with Gasteiger partial charge in [-0.3, -0.25) is 5.41 Å². The summed E-state index contributed by atoms with van der Waals surface area (Å²) in [7, 11) is 1.64. The van der Waals surface area contributed by atoms with Gasteiger partial charge in [0.2, 0.25) is 0 Å². The van der Waals surface area contributed by atoms with Crippen molar-refractivity contribution in [2.75, 3.05) is 7.11 Å². The Morgan fingerprint density at radius 2 is 1.81 bits per heavy atom. The van der Waals surface area contributed by atoms with Crippen LogP contribution >= 0.6 is 0 Å². The van der Waals surface area contributed by atoms with Crippen LogP contribution in [0, 0.1) is 5.41 Å². The molecular weight excluding hydrogens is 328 g/mol. The van der Waals surface area contributed by atoms with E-state index in [1.165, 1.54) is 0 Å². The summed E-state index contributed by atoms with van der Waals surface area (Å²) in [5.41, 5.74) is 1.39. The molecule has 4 aromatic rings. The Labute approximate surface area is 149 Å². The Balaban J connectivity index is 1.73. The maximum Gasteiger partial charge on any atom is 0.347 e. The molecule has 0 aliphatic carbocycles. The van der Waals surface area contributed by atoms with Crippen molar-refractivity contribution in [3.05, 3.63) is 82.3 Å². The van der Waals surface area contributed by atoms with Gasteiger partial charge in [-0.05, 0) is 36.2 Å². The molecule has 0 aliphatic rings. The Morgan fingerprint density at radius 1 is 1.04 bits per heavy atom. The Kier molecular flexibility index (Phi) is 4.05. The van der Waals surface area contributed by atoms with E-state index < -0.39 is 5.63 Å². The maximum absolute atomic E-state index is 12.4. The van der Waals surface area contributed by atoms with Crippen LogP contribution in [0.4, 0.5) is 0 Å². The topological polar surface area (TPSA) is 68.2 Å². The van der Waals surface area contributed by atoms with E-state index in [0.717, 1.165) is 28.5 Å². The normalized spacial score (nSPS) is 11.1. The number of fused-ring (bicyclic) bond motifs is 3. The third-order valence-electron chi connectivity index (χ3n) is 4.60. The van der Waals surface area contributed by atoms with Gasteiger partial charge in [-0.2, -0.15) is 0 Å². The highest BCUT2D eigenvalue weighted by Crippen LogP contribution is 2.20. The molecule has 5 nitrogen and oxygen atoms in total. The average molecular weight is 346 g/mol. The van der Waals surface area contributed by atoms with Crippen molar-refractivity contribution >= 4 is 21.7 Å². The van der Waals surface area contributed by atoms with E-state index in [9.17, 15) is 4.79 Å². The zero-order chi connectivity index (χ0) is 18.1. The molecule has 0 aliphatic heterocycles. The zero-order valence-corrected chi connectivity index (χ0v) is 14.4. The summed E-state index contributed by atoms with van der Waals surface area (Å²) < 4.78 is 12.3. The Bertz CT molecular complexity index is 1200. The number of aromatic nitrogens is 1. The predicted molar refractivity (Wildman–Crippen MR) is 101 cm³/mol. The van der Waals surface area contributed by atoms with Crippen molar-refractivity contribution in [1.82, 2.24) is 4.57 Å². The van der Waals surface area contributed by atoms with E-state index in [4.69, 9.17) is 14.6 Å². The molecule has 0 amide bonds. The van der Waals surface area contributed by atoms with Gasteiger partial charge >= 0.3 is 5.63 Å². The fourth-order valence-electron chi connectivity index (χ4n) is 3.18. The average Bonchev–Trinajstić information content (AvgIpc) is 2.67. The number of hydrogen-bond donors (Lipinski definition) is 1. The first-order chi connectivity index (χ1) is 12.7. The SMILES string of the molecule is COc1ccc(CCn2ccc3c(c(=O)oc4ccccc43)c2=N)cc1. The summed E-state index contributed by atoms with van der Waals surface area (Å²) in [5, 5.41) is 10.4. The lowest BCUT2D eigenvalue weighted by molar-refractivity contribution is 0.414. The summed E-state index contributed by atoms with van der Waals surface area (Å²) in [6.07, 6.45) is 2.62. The first-order valence-corrected chi connectivity index (χ1v) is 8.40. The van der Waals surface area contributed by atoms with Gasteiger partial charge in [0.15, 0.2) is 0 Å². The lowest BCUT2D eigenvalue weighted by atomic mass is 10.1. The minimum atomic E-state index is -0.470. The third kappa shape index (κ3) is 2.77. The molecule has 0 fully saturated rings. The van der Waals surface area contributed by atoms with Crippen LogP contribution in [-0.4, -0.2) is 11.7 Å². The van der Waals surface area contributed by atoms with E-state index in [2.05, 4.69) is 0 Å². The monoisotopic (exact) mass is 346 g/mol. The molecule has 130 valence electrons. The van der Waals surface area contributed by atoms with E-state index in [1.807, 2.05) is 54.7 Å². The molecule has 4 rings (SSSR count). The van der Waals surface area contributed by atoms with Crippen molar-refractivity contribution in [1.29, 1.82) is 5.41 Å². The summed E-state index contributed by atoms with van der Waals surface area (Å²) in [6, 6.07) is 17.1. The Morgan fingerprint density at radius 3 is 2.58 bits per heavy atom. The van der Waals surface area contributed by atoms with Crippen molar-refractivity contribution < 1.29 is 9.15 Å². The molecule has 0 unspecified atom stereocenters. The van der Waals surface area contributed by atoms with Gasteiger partial charge in [0.05, 0.1) is 7.11 Å². The second-order valence-corrected chi connectivity index (χ2v) is 6.13. The smallest absolute Gasteiger partial charge is 0.347 e. The van der Waals surface area contributed by atoms with Gasteiger partial charge in [-0.25, -0.2) is 4.79 Å². The maximum atomic E-state index is 12.4. The highest BCUT2D eigenvalue weighted by atomic mass is 16.5. The van der Waals surface area contributed by atoms with Gasteiger partial charge in [-0.1, -0.05) is 30.3 Å². The van der Waals surface area contributed by atoms with Gasteiger partial charge in [0.1, 0.15) is 22.2 Å². The molecule has 0 radical (unpaired) electrons. The quantitative estimate of drug-likeness (QED) is 0.454. The number of methoxy groups -OCH3 is 1. The molecule has 2 heterocycles. The Hall–Kier alpha value is -3.34. The number of nitrogens with zero attached hydrogens (tertiary/aromatic N) is 1. The number of para-hydroxylation sites is 1. The lowest BCUT2D eigenvalue weighted by Gasteiger charge is -2.10. The largest absolute Gasteiger partial charge is 0.497 e. The molecule has 0 atom stereocenters. The van der Waals surface area contributed by atoms with Crippen LogP contribution in [0.3, 0.4) is 0 Å². The fraction of sp³-hybridized carbons (Fsp3) is 0.143. The van der Waals surface area contributed by atoms with Gasteiger partial charge in [0.25, 0.3) is 0 Å². The second-order valence-electron chi connectivity index (χ2n) is 6.13. The van der Waals surface area contributed by atoms with E-state index >= 15 is 0 Å². The van der Waals surface area contributed by atoms with Crippen LogP contribution < -0.4 is 15.9 Å². The van der Waals surface area contributed by atoms with Crippen molar-refractivity contribution in [2.45, 2.75) is 13.0 Å². The molecule has 0 spiro atoms. The van der Waals surface area contributed by atoms with E-state index in [1.54, 1.807) is 17.7 Å². The molecule has 0 bridgehead atoms. The predicted octanol–water partition coefficient (Wildman–Crippen LogP) is 3.48. The lowest BCUT2D eigenvalue weighted by Crippen LogP contribution is -2.25. The minimum Gasteiger partial charge on any atom is -0.497 e. The number of hydrogen-bond acceptors (Lipinski definition) is 4. The van der Waals surface area contributed by atoms with E-state index in [-0.39, 0.29) is 5.49 Å². The third-order valence-corrected chi connectivity index (χ3v) is 4.60. The van der Waals surface area contributed by atoms with Crippen molar-refractivity contribution in [2.24, 2.45) is 0 Å². The van der Waals surface area contributed by atoms with Crippen LogP contribution in [0.1, 0.15) is 5.56 Å². The molecule has 26 heavy (non-hydrogen) atoms. The molecule has 5 heteroatoms. The molecule has 0 saturated carbocycles. The van der Waals surface area contributed by atoms with Crippen LogP contribution in [0.5, 0.6) is 5.75 Å². The summed E-state index contributed by atoms with van der Waals surface area (Å²) >= 11 is 0. The number of benzene rings is 2. The van der Waals surface area contributed by atoms with Crippen molar-refractivity contribution in [3.63, 3.8) is 0 Å². The first kappa shape index (κ1) is 16.1. The number of aryl methyl sites for hydroxylation is 2. The van der Waals surface area contributed by atoms with Crippen LogP contribution in [-0.2, 0) is 13.0 Å². The van der Waals surface area contributed by atoms with Gasteiger partial charge in [-0.15, -0.1) is 0 Å². The van der Waals surface area contributed by atoms with E-state index in [0.29, 0.717) is 17.5 Å². The second kappa shape index (κ2) is 6.52. The van der Waals surface area contributed by atoms with Gasteiger partial charge < -0.3 is 13.7 Å². The molecule has 2 aromatic carbocycles. The summed E-state index contributed by atoms with van der Waals surface area (Å²) in [6.45, 7) is 0.605. The summed E-state index contributed by atoms with van der Waals surface area (Å²) in [4.78, 5) is 12.4. The number of nitrogens with one attached hydrogen (secondary N) is 1.